The first-order valence-corrected chi connectivity index (χ1v) is 11.3. The first-order chi connectivity index (χ1) is 16.5. The van der Waals surface area contributed by atoms with Crippen molar-refractivity contribution in [2.75, 3.05) is 60.6 Å². The van der Waals surface area contributed by atoms with Gasteiger partial charge in [0.1, 0.15) is 5.75 Å². The molecule has 0 saturated carbocycles. The van der Waals surface area contributed by atoms with E-state index >= 15 is 0 Å². The van der Waals surface area contributed by atoms with E-state index in [4.69, 9.17) is 14.2 Å². The van der Waals surface area contributed by atoms with Crippen LogP contribution >= 0.6 is 0 Å². The SMILES string of the molecule is COc1cc(OC)c(OC)cc1CNC(=O)CN1CCN(CC(=O)NCc2ccccc2)CC1. The molecule has 2 N–H and O–H groups in total. The Kier molecular flexibility index (Phi) is 9.54. The highest BCUT2D eigenvalue weighted by atomic mass is 16.5. The average molecular weight is 471 g/mol. The summed E-state index contributed by atoms with van der Waals surface area (Å²) in [6, 6.07) is 13.4. The van der Waals surface area contributed by atoms with Gasteiger partial charge in [-0.05, 0) is 11.6 Å². The lowest BCUT2D eigenvalue weighted by Crippen LogP contribution is -2.51. The molecule has 0 spiro atoms. The second-order valence-corrected chi connectivity index (χ2v) is 8.11. The third-order valence-corrected chi connectivity index (χ3v) is 5.79. The molecule has 0 aliphatic carbocycles. The van der Waals surface area contributed by atoms with E-state index in [2.05, 4.69) is 20.4 Å². The molecule has 0 aromatic heterocycles. The minimum absolute atomic E-state index is 0.0129. The highest BCUT2D eigenvalue weighted by Crippen LogP contribution is 2.34. The van der Waals surface area contributed by atoms with E-state index in [9.17, 15) is 9.59 Å². The van der Waals surface area contributed by atoms with Gasteiger partial charge in [-0.25, -0.2) is 0 Å². The van der Waals surface area contributed by atoms with Crippen LogP contribution in [0.5, 0.6) is 17.2 Å². The molecule has 3 rings (SSSR count). The lowest BCUT2D eigenvalue weighted by atomic mass is 10.1. The summed E-state index contributed by atoms with van der Waals surface area (Å²) in [5, 5.41) is 5.91. The number of nitrogens with one attached hydrogen (secondary N) is 2. The normalized spacial score (nSPS) is 14.3. The molecule has 9 nitrogen and oxygen atoms in total. The molecule has 9 heteroatoms. The van der Waals surface area contributed by atoms with Gasteiger partial charge in [-0.2, -0.15) is 0 Å². The summed E-state index contributed by atoms with van der Waals surface area (Å²) in [4.78, 5) is 29.0. The average Bonchev–Trinajstić information content (AvgIpc) is 2.87. The molecule has 1 fully saturated rings. The van der Waals surface area contributed by atoms with Crippen molar-refractivity contribution in [3.63, 3.8) is 0 Å². The highest BCUT2D eigenvalue weighted by Gasteiger charge is 2.21. The van der Waals surface area contributed by atoms with Gasteiger partial charge in [-0.1, -0.05) is 30.3 Å². The van der Waals surface area contributed by atoms with E-state index in [1.165, 1.54) is 0 Å². The van der Waals surface area contributed by atoms with Crippen molar-refractivity contribution in [1.82, 2.24) is 20.4 Å². The molecule has 2 aromatic carbocycles. The van der Waals surface area contributed by atoms with Crippen LogP contribution in [0, 0.1) is 0 Å². The maximum Gasteiger partial charge on any atom is 0.234 e. The Hall–Kier alpha value is -3.30. The summed E-state index contributed by atoms with van der Waals surface area (Å²) >= 11 is 0. The molecule has 2 aromatic rings. The fourth-order valence-corrected chi connectivity index (χ4v) is 3.84. The number of amides is 2. The zero-order valence-electron chi connectivity index (χ0n) is 20.1. The summed E-state index contributed by atoms with van der Waals surface area (Å²) in [6.07, 6.45) is 0. The summed E-state index contributed by atoms with van der Waals surface area (Å²) in [7, 11) is 4.71. The zero-order chi connectivity index (χ0) is 24.3. The molecule has 1 aliphatic rings. The van der Waals surface area contributed by atoms with Crippen molar-refractivity contribution in [2.45, 2.75) is 13.1 Å². The third kappa shape index (κ3) is 7.36. The minimum atomic E-state index is -0.0640. The molecular formula is C25H34N4O5. The molecule has 0 atom stereocenters. The van der Waals surface area contributed by atoms with Crippen molar-refractivity contribution in [2.24, 2.45) is 0 Å². The van der Waals surface area contributed by atoms with Crippen LogP contribution in [0.3, 0.4) is 0 Å². The Labute approximate surface area is 201 Å². The molecule has 2 amide bonds. The van der Waals surface area contributed by atoms with Crippen molar-refractivity contribution < 1.29 is 23.8 Å². The van der Waals surface area contributed by atoms with Gasteiger partial charge in [-0.15, -0.1) is 0 Å². The number of methoxy groups -OCH3 is 3. The Morgan fingerprint density at radius 2 is 1.24 bits per heavy atom. The maximum atomic E-state index is 12.5. The largest absolute Gasteiger partial charge is 0.496 e. The highest BCUT2D eigenvalue weighted by molar-refractivity contribution is 5.78. The van der Waals surface area contributed by atoms with Crippen molar-refractivity contribution in [3.8, 4) is 17.2 Å². The maximum absolute atomic E-state index is 12.5. The molecule has 34 heavy (non-hydrogen) atoms. The zero-order valence-corrected chi connectivity index (χ0v) is 20.1. The van der Waals surface area contributed by atoms with Crippen LogP contribution in [0.2, 0.25) is 0 Å². The minimum Gasteiger partial charge on any atom is -0.496 e. The Balaban J connectivity index is 1.39. The number of rotatable bonds is 11. The van der Waals surface area contributed by atoms with Gasteiger partial charge < -0.3 is 24.8 Å². The molecule has 0 bridgehead atoms. The molecule has 1 heterocycles. The second kappa shape index (κ2) is 12.8. The number of hydrogen-bond acceptors (Lipinski definition) is 7. The smallest absolute Gasteiger partial charge is 0.234 e. The van der Waals surface area contributed by atoms with Crippen LogP contribution in [0.1, 0.15) is 11.1 Å². The number of carbonyl (C=O) groups is 2. The summed E-state index contributed by atoms with van der Waals surface area (Å²) < 4.78 is 16.1. The van der Waals surface area contributed by atoms with Gasteiger partial charge in [-0.3, -0.25) is 19.4 Å². The molecule has 0 radical (unpaired) electrons. The number of benzene rings is 2. The number of piperazine rings is 1. The molecular weight excluding hydrogens is 436 g/mol. The van der Waals surface area contributed by atoms with Crippen LogP contribution in [-0.2, 0) is 22.7 Å². The van der Waals surface area contributed by atoms with E-state index < -0.39 is 0 Å². The summed E-state index contributed by atoms with van der Waals surface area (Å²) in [5.74, 6) is 1.72. The third-order valence-electron chi connectivity index (χ3n) is 5.79. The topological polar surface area (TPSA) is 92.4 Å². The van der Waals surface area contributed by atoms with Crippen LogP contribution < -0.4 is 24.8 Å². The van der Waals surface area contributed by atoms with Crippen LogP contribution in [-0.4, -0.2) is 82.2 Å². The number of hydrogen-bond donors (Lipinski definition) is 2. The van der Waals surface area contributed by atoms with Crippen molar-refractivity contribution in [3.05, 3.63) is 53.6 Å². The first-order valence-electron chi connectivity index (χ1n) is 11.3. The summed E-state index contributed by atoms with van der Waals surface area (Å²) in [6.45, 7) is 4.49. The number of nitrogens with zero attached hydrogens (tertiary/aromatic N) is 2. The second-order valence-electron chi connectivity index (χ2n) is 8.11. The molecule has 184 valence electrons. The Morgan fingerprint density at radius 1 is 0.735 bits per heavy atom. The van der Waals surface area contributed by atoms with Crippen molar-refractivity contribution in [1.29, 1.82) is 0 Å². The number of carbonyl (C=O) groups excluding carboxylic acids is 2. The first kappa shape index (κ1) is 25.3. The quantitative estimate of drug-likeness (QED) is 0.511. The van der Waals surface area contributed by atoms with Gasteiger partial charge >= 0.3 is 0 Å². The Morgan fingerprint density at radius 3 is 1.76 bits per heavy atom. The fraction of sp³-hybridized carbons (Fsp3) is 0.440. The van der Waals surface area contributed by atoms with Gasteiger partial charge in [0.25, 0.3) is 0 Å². The van der Waals surface area contributed by atoms with Crippen LogP contribution in [0.4, 0.5) is 0 Å². The van der Waals surface area contributed by atoms with Crippen molar-refractivity contribution >= 4 is 11.8 Å². The van der Waals surface area contributed by atoms with Gasteiger partial charge in [0.2, 0.25) is 11.8 Å². The molecule has 1 saturated heterocycles. The van der Waals surface area contributed by atoms with Crippen LogP contribution in [0.15, 0.2) is 42.5 Å². The van der Waals surface area contributed by atoms with Gasteiger partial charge in [0.05, 0.1) is 34.4 Å². The van der Waals surface area contributed by atoms with Gasteiger partial charge in [0.15, 0.2) is 11.5 Å². The predicted octanol–water partition coefficient (Wildman–Crippen LogP) is 1.26. The van der Waals surface area contributed by atoms with E-state index in [1.807, 2.05) is 30.3 Å². The fourth-order valence-electron chi connectivity index (χ4n) is 3.84. The number of ether oxygens (including phenoxy) is 3. The van der Waals surface area contributed by atoms with E-state index in [0.717, 1.165) is 37.3 Å². The predicted molar refractivity (Wildman–Crippen MR) is 129 cm³/mol. The van der Waals surface area contributed by atoms with Crippen LogP contribution in [0.25, 0.3) is 0 Å². The van der Waals surface area contributed by atoms with E-state index in [1.54, 1.807) is 33.5 Å². The molecule has 1 aliphatic heterocycles. The Bertz CT molecular complexity index is 946. The van der Waals surface area contributed by atoms with E-state index in [0.29, 0.717) is 43.4 Å². The standard InChI is InChI=1S/C25H34N4O5/c1-32-21-14-23(34-3)22(33-2)13-20(21)16-27-25(31)18-29-11-9-28(10-12-29)17-24(30)26-15-19-7-5-4-6-8-19/h4-8,13-14H,9-12,15-18H2,1-3H3,(H,26,30)(H,27,31). The summed E-state index contributed by atoms with van der Waals surface area (Å²) in [5.41, 5.74) is 1.89. The lowest BCUT2D eigenvalue weighted by Gasteiger charge is -2.33. The lowest BCUT2D eigenvalue weighted by molar-refractivity contribution is -0.125. The monoisotopic (exact) mass is 470 g/mol. The van der Waals surface area contributed by atoms with Gasteiger partial charge in [0, 0.05) is 50.9 Å². The molecule has 0 unspecified atom stereocenters. The van der Waals surface area contributed by atoms with E-state index in [-0.39, 0.29) is 11.8 Å².